The van der Waals surface area contributed by atoms with Crippen LogP contribution < -0.4 is 0 Å². The molecule has 0 aliphatic carbocycles. The lowest BCUT2D eigenvalue weighted by atomic mass is 10.1. The Bertz CT molecular complexity index is 2230. The zero-order chi connectivity index (χ0) is 31.2. The lowest BCUT2D eigenvalue weighted by Gasteiger charge is -2.02. The molecule has 14 heteroatoms. The molecule has 0 unspecified atom stereocenters. The van der Waals surface area contributed by atoms with Gasteiger partial charge in [-0.25, -0.2) is 24.9 Å². The van der Waals surface area contributed by atoms with Gasteiger partial charge in [-0.2, -0.15) is 31.6 Å². The van der Waals surface area contributed by atoms with Crippen LogP contribution in [0.1, 0.15) is 33.4 Å². The lowest BCUT2D eigenvalue weighted by Crippen LogP contribution is -1.96. The first kappa shape index (κ1) is 26.0. The number of hydrogen-bond donors (Lipinski definition) is 0. The molecule has 4 heterocycles. The summed E-state index contributed by atoms with van der Waals surface area (Å²) in [6.07, 6.45) is 0. The highest BCUT2D eigenvalue weighted by Gasteiger charge is 2.22. The van der Waals surface area contributed by atoms with Gasteiger partial charge in [0, 0.05) is 24.3 Å². The molecule has 0 atom stereocenters. The predicted octanol–water partition coefficient (Wildman–Crippen LogP) is 5.13. The van der Waals surface area contributed by atoms with E-state index in [1.54, 1.807) is 0 Å². The average molecular weight is 581 g/mol. The molecule has 0 radical (unpaired) electrons. The minimum atomic E-state index is -0.0728. The Hall–Kier alpha value is -7.91. The van der Waals surface area contributed by atoms with E-state index in [-0.39, 0.29) is 90.5 Å². The van der Waals surface area contributed by atoms with Crippen LogP contribution in [-0.2, 0) is 0 Å². The van der Waals surface area contributed by atoms with Gasteiger partial charge in [-0.3, -0.25) is 0 Å². The molecule has 0 bridgehead atoms. The number of nitriles is 6. The van der Waals surface area contributed by atoms with Crippen molar-refractivity contribution in [2.75, 3.05) is 0 Å². The van der Waals surface area contributed by atoms with Crippen molar-refractivity contribution < 1.29 is 13.3 Å². The largest absolute Gasteiger partial charge is 0.435 e. The molecule has 3 aromatic carbocycles. The van der Waals surface area contributed by atoms with E-state index < -0.39 is 0 Å². The van der Waals surface area contributed by atoms with Crippen molar-refractivity contribution in [2.45, 2.75) is 0 Å². The standard InChI is InChI=1S/C31H7N11O3/c32-8-14-1-20-25(4-17(14)11-35)43-29(40-20)23-7-24(30-41-21-2-15(9-33)18(12-36)5-26(21)44-30)39-28(38-23)31-42-22-3-16(10-34)19(13-37)6-27(22)45-31/h1-7H. The Kier molecular flexibility index (Phi) is 5.71. The fourth-order valence-corrected chi connectivity index (χ4v) is 4.55. The Balaban J connectivity index is 1.45. The van der Waals surface area contributed by atoms with E-state index in [4.69, 9.17) is 13.3 Å². The molecule has 7 aromatic rings. The third-order valence-electron chi connectivity index (χ3n) is 6.66. The quantitative estimate of drug-likeness (QED) is 0.262. The summed E-state index contributed by atoms with van der Waals surface area (Å²) in [6, 6.07) is 21.6. The summed E-state index contributed by atoms with van der Waals surface area (Å²) in [6.45, 7) is 0. The second-order valence-corrected chi connectivity index (χ2v) is 9.29. The average Bonchev–Trinajstić information content (AvgIpc) is 3.81. The van der Waals surface area contributed by atoms with Crippen molar-refractivity contribution in [1.82, 2.24) is 24.9 Å². The highest BCUT2D eigenvalue weighted by Crippen LogP contribution is 2.33. The van der Waals surface area contributed by atoms with Crippen molar-refractivity contribution in [3.63, 3.8) is 0 Å². The van der Waals surface area contributed by atoms with Crippen LogP contribution in [0, 0.1) is 68.0 Å². The molecule has 45 heavy (non-hydrogen) atoms. The zero-order valence-electron chi connectivity index (χ0n) is 22.2. The van der Waals surface area contributed by atoms with E-state index in [1.165, 1.54) is 42.5 Å². The third-order valence-corrected chi connectivity index (χ3v) is 6.66. The summed E-state index contributed by atoms with van der Waals surface area (Å²) in [7, 11) is 0. The Morgan fingerprint density at radius 1 is 0.378 bits per heavy atom. The van der Waals surface area contributed by atoms with E-state index in [2.05, 4.69) is 24.9 Å². The first-order chi connectivity index (χ1) is 21.9. The molecule has 0 aliphatic rings. The summed E-state index contributed by atoms with van der Waals surface area (Å²) in [4.78, 5) is 22.4. The van der Waals surface area contributed by atoms with Crippen LogP contribution in [0.3, 0.4) is 0 Å². The van der Waals surface area contributed by atoms with E-state index in [0.717, 1.165) is 0 Å². The number of oxazole rings is 3. The number of fused-ring (bicyclic) bond motifs is 3. The Morgan fingerprint density at radius 3 is 1.04 bits per heavy atom. The van der Waals surface area contributed by atoms with Gasteiger partial charge >= 0.3 is 0 Å². The molecule has 0 amide bonds. The summed E-state index contributed by atoms with van der Waals surface area (Å²) in [5, 5.41) is 56.5. The summed E-state index contributed by atoms with van der Waals surface area (Å²) in [5.41, 5.74) is 2.46. The van der Waals surface area contributed by atoms with E-state index in [9.17, 15) is 31.6 Å². The second kappa shape index (κ2) is 9.87. The first-order valence-electron chi connectivity index (χ1n) is 12.6. The number of benzene rings is 3. The first-order valence-corrected chi connectivity index (χ1v) is 12.6. The molecule has 7 rings (SSSR count). The monoisotopic (exact) mass is 581 g/mol. The molecule has 0 saturated heterocycles. The molecular weight excluding hydrogens is 574 g/mol. The van der Waals surface area contributed by atoms with Crippen molar-refractivity contribution in [1.29, 1.82) is 31.6 Å². The molecule has 14 nitrogen and oxygen atoms in total. The van der Waals surface area contributed by atoms with Crippen LogP contribution in [0.2, 0.25) is 0 Å². The van der Waals surface area contributed by atoms with Gasteiger partial charge in [0.05, 0.1) is 33.4 Å². The fraction of sp³-hybridized carbons (Fsp3) is 0. The van der Waals surface area contributed by atoms with Crippen LogP contribution in [0.25, 0.3) is 68.2 Å². The molecule has 0 aliphatic heterocycles. The number of aromatic nitrogens is 5. The number of nitrogens with zero attached hydrogens (tertiary/aromatic N) is 11. The van der Waals surface area contributed by atoms with Gasteiger partial charge in [-0.15, -0.1) is 0 Å². The van der Waals surface area contributed by atoms with Gasteiger partial charge < -0.3 is 13.3 Å². The highest BCUT2D eigenvalue weighted by molar-refractivity contribution is 5.83. The smallest absolute Gasteiger partial charge is 0.266 e. The van der Waals surface area contributed by atoms with Gasteiger partial charge in [0.15, 0.2) is 16.7 Å². The van der Waals surface area contributed by atoms with Gasteiger partial charge in [0.2, 0.25) is 17.6 Å². The maximum Gasteiger partial charge on any atom is 0.266 e. The van der Waals surface area contributed by atoms with Gasteiger partial charge in [-0.05, 0) is 18.2 Å². The Morgan fingerprint density at radius 2 is 0.689 bits per heavy atom. The van der Waals surface area contributed by atoms with Gasteiger partial charge in [-0.1, -0.05) is 0 Å². The zero-order valence-corrected chi connectivity index (χ0v) is 22.2. The topological polar surface area (TPSA) is 247 Å². The summed E-state index contributed by atoms with van der Waals surface area (Å²) < 4.78 is 17.7. The third kappa shape index (κ3) is 4.19. The van der Waals surface area contributed by atoms with Crippen LogP contribution in [0.5, 0.6) is 0 Å². The van der Waals surface area contributed by atoms with Crippen LogP contribution in [-0.4, -0.2) is 24.9 Å². The predicted molar refractivity (Wildman–Crippen MR) is 149 cm³/mol. The number of rotatable bonds is 3. The van der Waals surface area contributed by atoms with E-state index >= 15 is 0 Å². The van der Waals surface area contributed by atoms with E-state index in [1.807, 2.05) is 36.4 Å². The number of hydrogen-bond acceptors (Lipinski definition) is 14. The van der Waals surface area contributed by atoms with Crippen LogP contribution >= 0.6 is 0 Å². The Labute approximate surface area is 250 Å². The highest BCUT2D eigenvalue weighted by atomic mass is 16.4. The molecule has 0 spiro atoms. The SMILES string of the molecule is N#Cc1cc2nc(-c3cc(-c4nc5cc(C#N)c(C#N)cc5o4)nc(-c4nc5cc(C#N)c(C#N)cc5o4)n3)oc2cc1C#N. The van der Waals surface area contributed by atoms with Gasteiger partial charge in [0.25, 0.3) is 5.89 Å². The van der Waals surface area contributed by atoms with Crippen LogP contribution in [0.15, 0.2) is 55.7 Å². The van der Waals surface area contributed by atoms with Crippen molar-refractivity contribution in [2.24, 2.45) is 0 Å². The minimum Gasteiger partial charge on any atom is -0.435 e. The maximum absolute atomic E-state index is 9.42. The fourth-order valence-electron chi connectivity index (χ4n) is 4.55. The maximum atomic E-state index is 9.42. The molecule has 4 aromatic heterocycles. The molecule has 204 valence electrons. The lowest BCUT2D eigenvalue weighted by molar-refractivity contribution is 0.604. The van der Waals surface area contributed by atoms with Crippen molar-refractivity contribution in [3.8, 4) is 71.3 Å². The second-order valence-electron chi connectivity index (χ2n) is 9.29. The summed E-state index contributed by atoms with van der Waals surface area (Å²) in [5.74, 6) is -0.140. The molecular formula is C31H7N11O3. The van der Waals surface area contributed by atoms with Crippen LogP contribution in [0.4, 0.5) is 0 Å². The molecule has 0 N–H and O–H groups in total. The van der Waals surface area contributed by atoms with Gasteiger partial charge in [0.1, 0.15) is 64.4 Å². The van der Waals surface area contributed by atoms with Crippen molar-refractivity contribution >= 4 is 33.3 Å². The van der Waals surface area contributed by atoms with Crippen molar-refractivity contribution in [3.05, 3.63) is 75.8 Å². The summed E-state index contributed by atoms with van der Waals surface area (Å²) >= 11 is 0. The molecule has 0 saturated carbocycles. The molecule has 0 fully saturated rings. The minimum absolute atomic E-state index is 0.00170. The van der Waals surface area contributed by atoms with E-state index in [0.29, 0.717) is 11.0 Å². The normalized spacial score (nSPS) is 10.5.